The summed E-state index contributed by atoms with van der Waals surface area (Å²) in [4.78, 5) is 16.5. The van der Waals surface area contributed by atoms with Crippen LogP contribution in [0.2, 0.25) is 0 Å². The molecule has 0 saturated carbocycles. The van der Waals surface area contributed by atoms with E-state index in [-0.39, 0.29) is 23.3 Å². The van der Waals surface area contributed by atoms with Gasteiger partial charge in [-0.05, 0) is 41.0 Å². The normalized spacial score (nSPS) is 12.2. The monoisotopic (exact) mass is 371 g/mol. The number of aromatic nitrogens is 1. The molecule has 0 bridgehead atoms. The summed E-state index contributed by atoms with van der Waals surface area (Å²) < 4.78 is 19.5. The van der Waals surface area contributed by atoms with E-state index in [9.17, 15) is 14.3 Å². The van der Waals surface area contributed by atoms with Gasteiger partial charge in [-0.1, -0.05) is 42.5 Å². The molecule has 1 aromatic heterocycles. The molecule has 1 aliphatic rings. The minimum absolute atomic E-state index is 0.0581. The third-order valence-electron chi connectivity index (χ3n) is 4.96. The molecular weight excluding hydrogens is 357 g/mol. The molecule has 4 nitrogen and oxygen atoms in total. The fourth-order valence-corrected chi connectivity index (χ4v) is 3.66. The summed E-state index contributed by atoms with van der Waals surface area (Å²) in [6.07, 6.45) is 0. The summed E-state index contributed by atoms with van der Waals surface area (Å²) in [5.41, 5.74) is 4.72. The average molecular weight is 371 g/mol. The van der Waals surface area contributed by atoms with Crippen LogP contribution in [0.1, 0.15) is 15.9 Å². The number of ether oxygens (including phenoxy) is 1. The van der Waals surface area contributed by atoms with Crippen molar-refractivity contribution in [2.24, 2.45) is 0 Å². The van der Waals surface area contributed by atoms with Crippen LogP contribution < -0.4 is 4.74 Å². The Hall–Kier alpha value is -3.73. The highest BCUT2D eigenvalue weighted by atomic mass is 19.1. The molecule has 5 rings (SSSR count). The van der Waals surface area contributed by atoms with Gasteiger partial charge in [0.15, 0.2) is 5.75 Å². The third kappa shape index (κ3) is 2.52. The Kier molecular flexibility index (Phi) is 3.62. The largest absolute Gasteiger partial charge is 0.486 e. The minimum atomic E-state index is -1.17. The van der Waals surface area contributed by atoms with Crippen LogP contribution in [-0.4, -0.2) is 16.1 Å². The van der Waals surface area contributed by atoms with Gasteiger partial charge in [0.1, 0.15) is 23.7 Å². The summed E-state index contributed by atoms with van der Waals surface area (Å²) in [6.45, 7) is 0.228. The van der Waals surface area contributed by atoms with Gasteiger partial charge in [0.25, 0.3) is 0 Å². The highest BCUT2D eigenvalue weighted by Crippen LogP contribution is 2.42. The van der Waals surface area contributed by atoms with E-state index >= 15 is 0 Å². The molecule has 0 unspecified atom stereocenters. The second-order valence-electron chi connectivity index (χ2n) is 6.66. The number of carbonyl (C=O) groups is 1. The third-order valence-corrected chi connectivity index (χ3v) is 4.96. The van der Waals surface area contributed by atoms with Crippen LogP contribution in [0.15, 0.2) is 66.7 Å². The molecule has 4 aromatic rings. The van der Waals surface area contributed by atoms with Gasteiger partial charge in [-0.25, -0.2) is 14.2 Å². The number of hydrogen-bond donors (Lipinski definition) is 1. The van der Waals surface area contributed by atoms with Crippen molar-refractivity contribution in [3.05, 3.63) is 83.7 Å². The zero-order valence-corrected chi connectivity index (χ0v) is 14.6. The lowest BCUT2D eigenvalue weighted by Crippen LogP contribution is -2.12. The number of carboxylic acid groups (broad SMARTS) is 1. The molecule has 5 heteroatoms. The maximum atomic E-state index is 13.7. The summed E-state index contributed by atoms with van der Waals surface area (Å²) in [5.74, 6) is -1.50. The van der Waals surface area contributed by atoms with E-state index in [4.69, 9.17) is 4.74 Å². The number of nitrogens with zero attached hydrogens (tertiary/aromatic N) is 1. The fraction of sp³-hybridized carbons (Fsp3) is 0.0435. The van der Waals surface area contributed by atoms with Crippen molar-refractivity contribution in [2.45, 2.75) is 6.61 Å². The Balaban J connectivity index is 1.74. The number of fused-ring (bicyclic) bond motifs is 4. The van der Waals surface area contributed by atoms with Gasteiger partial charge in [-0.3, -0.25) is 0 Å². The van der Waals surface area contributed by atoms with Crippen LogP contribution in [0.4, 0.5) is 4.39 Å². The molecule has 0 atom stereocenters. The summed E-state index contributed by atoms with van der Waals surface area (Å²) in [7, 11) is 0. The molecule has 0 fully saturated rings. The predicted octanol–water partition coefficient (Wildman–Crippen LogP) is 5.30. The zero-order chi connectivity index (χ0) is 19.3. The van der Waals surface area contributed by atoms with Crippen LogP contribution in [0, 0.1) is 5.82 Å². The first-order chi connectivity index (χ1) is 13.6. The van der Waals surface area contributed by atoms with Crippen LogP contribution in [0.3, 0.4) is 0 Å². The number of aromatic carboxylic acids is 1. The Labute approximate surface area is 159 Å². The molecule has 1 aliphatic heterocycles. The predicted molar refractivity (Wildman–Crippen MR) is 104 cm³/mol. The first-order valence-corrected chi connectivity index (χ1v) is 8.80. The molecule has 1 N–H and O–H groups in total. The Morgan fingerprint density at radius 2 is 1.82 bits per heavy atom. The maximum Gasteiger partial charge on any atom is 0.340 e. The van der Waals surface area contributed by atoms with Crippen molar-refractivity contribution in [1.82, 2.24) is 4.98 Å². The lowest BCUT2D eigenvalue weighted by Gasteiger charge is -2.23. The standard InChI is InChI=1S/C23H14FNO3/c24-16-7-9-19-18(11-16)20(23(26)27)22-21(25-19)17-8-6-14(10-15(17)12-28-22)13-4-2-1-3-5-13/h1-11H,12H2,(H,26,27). The Bertz CT molecular complexity index is 1250. The van der Waals surface area contributed by atoms with Gasteiger partial charge in [0, 0.05) is 10.9 Å². The zero-order valence-electron chi connectivity index (χ0n) is 14.6. The smallest absolute Gasteiger partial charge is 0.340 e. The van der Waals surface area contributed by atoms with Crippen LogP contribution in [0.5, 0.6) is 5.75 Å². The lowest BCUT2D eigenvalue weighted by atomic mass is 9.94. The van der Waals surface area contributed by atoms with E-state index in [1.165, 1.54) is 18.2 Å². The number of pyridine rings is 1. The van der Waals surface area contributed by atoms with Gasteiger partial charge >= 0.3 is 5.97 Å². The van der Waals surface area contributed by atoms with Gasteiger partial charge < -0.3 is 9.84 Å². The van der Waals surface area contributed by atoms with E-state index in [0.29, 0.717) is 11.2 Å². The highest BCUT2D eigenvalue weighted by molar-refractivity contribution is 6.07. The fourth-order valence-electron chi connectivity index (χ4n) is 3.66. The van der Waals surface area contributed by atoms with Gasteiger partial charge in [0.2, 0.25) is 0 Å². The SMILES string of the molecule is O=C(O)c1c2c(nc3ccc(F)cc13)-c1ccc(-c3ccccc3)cc1CO2. The quantitative estimate of drug-likeness (QED) is 0.520. The first kappa shape index (κ1) is 16.4. The summed E-state index contributed by atoms with van der Waals surface area (Å²) in [5, 5.41) is 9.97. The van der Waals surface area contributed by atoms with Crippen LogP contribution >= 0.6 is 0 Å². The van der Waals surface area contributed by atoms with Gasteiger partial charge in [-0.2, -0.15) is 0 Å². The molecule has 2 heterocycles. The van der Waals surface area contributed by atoms with Crippen molar-refractivity contribution in [2.75, 3.05) is 0 Å². The summed E-state index contributed by atoms with van der Waals surface area (Å²) in [6, 6.07) is 19.9. The van der Waals surface area contributed by atoms with Crippen molar-refractivity contribution < 1.29 is 19.0 Å². The number of rotatable bonds is 2. The second kappa shape index (κ2) is 6.16. The molecule has 0 amide bonds. The van der Waals surface area contributed by atoms with Gasteiger partial charge in [0.05, 0.1) is 5.52 Å². The van der Waals surface area contributed by atoms with E-state index in [1.54, 1.807) is 0 Å². The number of benzene rings is 3. The number of hydrogen-bond acceptors (Lipinski definition) is 3. The maximum absolute atomic E-state index is 13.7. The minimum Gasteiger partial charge on any atom is -0.486 e. The molecular formula is C23H14FNO3. The Morgan fingerprint density at radius 1 is 1.00 bits per heavy atom. The van der Waals surface area contributed by atoms with Crippen LogP contribution in [0.25, 0.3) is 33.3 Å². The topological polar surface area (TPSA) is 59.4 Å². The van der Waals surface area contributed by atoms with Crippen molar-refractivity contribution in [3.63, 3.8) is 0 Å². The molecule has 3 aromatic carbocycles. The molecule has 136 valence electrons. The molecule has 0 spiro atoms. The first-order valence-electron chi connectivity index (χ1n) is 8.80. The second-order valence-corrected chi connectivity index (χ2v) is 6.66. The van der Waals surface area contributed by atoms with E-state index < -0.39 is 11.8 Å². The highest BCUT2D eigenvalue weighted by Gasteiger charge is 2.27. The molecule has 0 radical (unpaired) electrons. The molecule has 0 aliphatic carbocycles. The number of halogens is 1. The van der Waals surface area contributed by atoms with Crippen molar-refractivity contribution in [1.29, 1.82) is 0 Å². The molecule has 0 saturated heterocycles. The molecule has 28 heavy (non-hydrogen) atoms. The average Bonchev–Trinajstić information content (AvgIpc) is 2.72. The van der Waals surface area contributed by atoms with Gasteiger partial charge in [-0.15, -0.1) is 0 Å². The van der Waals surface area contributed by atoms with Crippen molar-refractivity contribution >= 4 is 16.9 Å². The lowest BCUT2D eigenvalue weighted by molar-refractivity contribution is 0.0694. The van der Waals surface area contributed by atoms with E-state index in [0.717, 1.165) is 22.3 Å². The Morgan fingerprint density at radius 3 is 2.61 bits per heavy atom. The van der Waals surface area contributed by atoms with E-state index in [1.807, 2.05) is 48.5 Å². The van der Waals surface area contributed by atoms with Crippen molar-refractivity contribution in [3.8, 4) is 28.1 Å². The van der Waals surface area contributed by atoms with E-state index in [2.05, 4.69) is 4.98 Å². The van der Waals surface area contributed by atoms with Crippen LogP contribution in [-0.2, 0) is 6.61 Å². The number of carboxylic acids is 1. The summed E-state index contributed by atoms with van der Waals surface area (Å²) >= 11 is 0.